The molecular formula is C30H39ClN2O6. The van der Waals surface area contributed by atoms with E-state index in [4.69, 9.17) is 21.1 Å². The van der Waals surface area contributed by atoms with Crippen molar-refractivity contribution in [2.24, 2.45) is 17.8 Å². The minimum atomic E-state index is -1.17. The summed E-state index contributed by atoms with van der Waals surface area (Å²) in [6.45, 7) is 12.1. The lowest BCUT2D eigenvalue weighted by molar-refractivity contribution is -0.161. The summed E-state index contributed by atoms with van der Waals surface area (Å²) in [5, 5.41) is 9.93. The third-order valence-electron chi connectivity index (χ3n) is 8.62. The number of ether oxygens (including phenoxy) is 2. The number of hydrogen-bond acceptors (Lipinski definition) is 6. The molecule has 212 valence electrons. The van der Waals surface area contributed by atoms with Crippen molar-refractivity contribution in [2.75, 3.05) is 31.2 Å². The maximum atomic E-state index is 14.5. The molecule has 1 aromatic carbocycles. The van der Waals surface area contributed by atoms with Crippen molar-refractivity contribution >= 4 is 35.1 Å². The van der Waals surface area contributed by atoms with Crippen LogP contribution >= 0.6 is 11.6 Å². The van der Waals surface area contributed by atoms with Gasteiger partial charge in [-0.05, 0) is 69.2 Å². The molecule has 6 atom stereocenters. The van der Waals surface area contributed by atoms with E-state index in [9.17, 15) is 19.5 Å². The van der Waals surface area contributed by atoms with Crippen LogP contribution in [0.2, 0.25) is 5.02 Å². The maximum absolute atomic E-state index is 14.5. The Morgan fingerprint density at radius 1 is 1.23 bits per heavy atom. The number of anilines is 1. The Balaban J connectivity index is 1.75. The van der Waals surface area contributed by atoms with Crippen LogP contribution in [0.25, 0.3) is 0 Å². The van der Waals surface area contributed by atoms with Crippen LogP contribution in [0.4, 0.5) is 5.69 Å². The van der Waals surface area contributed by atoms with Gasteiger partial charge in [0.05, 0.1) is 18.1 Å². The second kappa shape index (κ2) is 11.8. The number of unbranched alkanes of at least 4 members (excludes halogenated alkanes) is 2. The number of carbonyl (C=O) groups is 3. The standard InChI is InChI=1S/C30H39ClN2O6/c1-5-7-10-18-38-28(37)24-23-26(35)33(16-8-9-17-34)25(30(23)19-20(3)29(24,4)39-30)27(36)32(15-6-2)22-13-11-21(31)12-14-22/h5-6,11-14,20,23-25,34H,1-2,7-10,15-19H2,3-4H3/t20?,23-,24+,25?,29-,30?/m0/s1. The number of aliphatic hydroxyl groups is 1. The number of amides is 2. The summed E-state index contributed by atoms with van der Waals surface area (Å²) in [7, 11) is 0. The smallest absolute Gasteiger partial charge is 0.312 e. The van der Waals surface area contributed by atoms with Crippen LogP contribution in [-0.2, 0) is 23.9 Å². The van der Waals surface area contributed by atoms with Crippen molar-refractivity contribution in [3.05, 3.63) is 54.6 Å². The van der Waals surface area contributed by atoms with E-state index in [-0.39, 0.29) is 44.0 Å². The van der Waals surface area contributed by atoms with Crippen molar-refractivity contribution in [1.82, 2.24) is 4.90 Å². The van der Waals surface area contributed by atoms with E-state index in [2.05, 4.69) is 13.2 Å². The molecule has 1 spiro atoms. The number of allylic oxidation sites excluding steroid dienone is 1. The fourth-order valence-electron chi connectivity index (χ4n) is 6.72. The summed E-state index contributed by atoms with van der Waals surface area (Å²) < 4.78 is 12.4. The van der Waals surface area contributed by atoms with E-state index in [1.807, 2.05) is 13.8 Å². The highest BCUT2D eigenvalue weighted by molar-refractivity contribution is 6.30. The van der Waals surface area contributed by atoms with Gasteiger partial charge in [-0.1, -0.05) is 30.7 Å². The molecule has 3 aliphatic heterocycles. The lowest BCUT2D eigenvalue weighted by atomic mass is 9.62. The molecule has 3 saturated heterocycles. The van der Waals surface area contributed by atoms with Gasteiger partial charge in [-0.3, -0.25) is 14.4 Å². The normalized spacial score (nSPS) is 30.8. The maximum Gasteiger partial charge on any atom is 0.312 e. The van der Waals surface area contributed by atoms with Gasteiger partial charge in [0.2, 0.25) is 5.91 Å². The molecular weight excluding hydrogens is 520 g/mol. The Bertz CT molecular complexity index is 1110. The highest BCUT2D eigenvalue weighted by Crippen LogP contribution is 2.65. The zero-order valence-electron chi connectivity index (χ0n) is 22.8. The highest BCUT2D eigenvalue weighted by Gasteiger charge is 2.80. The van der Waals surface area contributed by atoms with E-state index >= 15 is 0 Å². The molecule has 3 heterocycles. The zero-order valence-corrected chi connectivity index (χ0v) is 23.6. The summed E-state index contributed by atoms with van der Waals surface area (Å²) >= 11 is 6.10. The molecule has 0 radical (unpaired) electrons. The van der Waals surface area contributed by atoms with E-state index in [0.717, 1.165) is 0 Å². The monoisotopic (exact) mass is 558 g/mol. The van der Waals surface area contributed by atoms with Gasteiger partial charge < -0.3 is 24.4 Å². The second-order valence-corrected chi connectivity index (χ2v) is 11.4. The Labute approximate surface area is 235 Å². The molecule has 9 heteroatoms. The van der Waals surface area contributed by atoms with Gasteiger partial charge in [0.25, 0.3) is 5.91 Å². The molecule has 3 unspecified atom stereocenters. The Morgan fingerprint density at radius 2 is 1.95 bits per heavy atom. The molecule has 1 aromatic rings. The first-order valence-corrected chi connectivity index (χ1v) is 14.1. The second-order valence-electron chi connectivity index (χ2n) is 11.0. The van der Waals surface area contributed by atoms with Gasteiger partial charge >= 0.3 is 5.97 Å². The lowest BCUT2D eigenvalue weighted by Gasteiger charge is -2.37. The molecule has 3 fully saturated rings. The average Bonchev–Trinajstić information content (AvgIpc) is 3.42. The number of aliphatic hydroxyl groups excluding tert-OH is 1. The number of hydrogen-bond donors (Lipinski definition) is 1. The number of benzene rings is 1. The number of halogens is 1. The first-order chi connectivity index (χ1) is 18.7. The van der Waals surface area contributed by atoms with Crippen molar-refractivity contribution < 1.29 is 29.0 Å². The number of carbonyl (C=O) groups excluding carboxylic acids is 3. The Morgan fingerprint density at radius 3 is 2.59 bits per heavy atom. The third kappa shape index (κ3) is 5.03. The number of rotatable bonds is 13. The van der Waals surface area contributed by atoms with Crippen LogP contribution in [0.1, 0.15) is 46.0 Å². The van der Waals surface area contributed by atoms with Gasteiger partial charge in [0, 0.05) is 30.4 Å². The van der Waals surface area contributed by atoms with E-state index < -0.39 is 35.0 Å². The zero-order chi connectivity index (χ0) is 28.4. The molecule has 0 aliphatic carbocycles. The van der Waals surface area contributed by atoms with Gasteiger partial charge in [0.15, 0.2) is 0 Å². The largest absolute Gasteiger partial charge is 0.465 e. The van der Waals surface area contributed by atoms with Crippen LogP contribution in [0.15, 0.2) is 49.6 Å². The van der Waals surface area contributed by atoms with Gasteiger partial charge in [-0.25, -0.2) is 0 Å². The molecule has 1 N–H and O–H groups in total. The van der Waals surface area contributed by atoms with Crippen LogP contribution in [0.5, 0.6) is 0 Å². The first kappa shape index (κ1) is 29.3. The fraction of sp³-hybridized carbons (Fsp3) is 0.567. The summed E-state index contributed by atoms with van der Waals surface area (Å²) in [5.41, 5.74) is -1.48. The summed E-state index contributed by atoms with van der Waals surface area (Å²) in [6, 6.07) is 5.99. The van der Waals surface area contributed by atoms with Crippen molar-refractivity contribution in [3.8, 4) is 0 Å². The fourth-order valence-corrected chi connectivity index (χ4v) is 6.85. The summed E-state index contributed by atoms with van der Waals surface area (Å²) in [4.78, 5) is 45.3. The Kier molecular flexibility index (Phi) is 8.88. The van der Waals surface area contributed by atoms with Gasteiger partial charge in [-0.15, -0.1) is 13.2 Å². The number of esters is 1. The first-order valence-electron chi connectivity index (χ1n) is 13.7. The van der Waals surface area contributed by atoms with E-state index in [1.54, 1.807) is 46.2 Å². The van der Waals surface area contributed by atoms with E-state index in [1.165, 1.54) is 0 Å². The summed E-state index contributed by atoms with van der Waals surface area (Å²) in [5.74, 6) is -2.76. The summed E-state index contributed by atoms with van der Waals surface area (Å²) in [6.07, 6.45) is 6.23. The molecule has 8 nitrogen and oxygen atoms in total. The molecule has 3 aliphatic rings. The third-order valence-corrected chi connectivity index (χ3v) is 8.87. The van der Waals surface area contributed by atoms with Crippen molar-refractivity contribution in [2.45, 2.75) is 63.2 Å². The van der Waals surface area contributed by atoms with Gasteiger partial charge in [0.1, 0.15) is 17.6 Å². The van der Waals surface area contributed by atoms with Crippen LogP contribution in [0, 0.1) is 17.8 Å². The van der Waals surface area contributed by atoms with E-state index in [0.29, 0.717) is 42.8 Å². The minimum Gasteiger partial charge on any atom is -0.465 e. The highest BCUT2D eigenvalue weighted by atomic mass is 35.5. The van der Waals surface area contributed by atoms with Crippen molar-refractivity contribution in [3.63, 3.8) is 0 Å². The topological polar surface area (TPSA) is 96.4 Å². The Hall–Kier alpha value is -2.68. The van der Waals surface area contributed by atoms with Crippen LogP contribution < -0.4 is 4.90 Å². The van der Waals surface area contributed by atoms with Crippen LogP contribution in [0.3, 0.4) is 0 Å². The average molecular weight is 559 g/mol. The SMILES string of the molecule is C=CCCCOC(=O)[C@H]1[C@H]2C(=O)N(CCCCO)C(C(=O)N(CC=C)c3ccc(Cl)cc3)C23CC(C)[C@]1(C)O3. The number of nitrogens with zero attached hydrogens (tertiary/aromatic N) is 2. The van der Waals surface area contributed by atoms with Crippen molar-refractivity contribution in [1.29, 1.82) is 0 Å². The predicted molar refractivity (Wildman–Crippen MR) is 149 cm³/mol. The minimum absolute atomic E-state index is 0.0200. The molecule has 0 saturated carbocycles. The molecule has 2 amide bonds. The predicted octanol–water partition coefficient (Wildman–Crippen LogP) is 4.15. The molecule has 39 heavy (non-hydrogen) atoms. The van der Waals surface area contributed by atoms with Gasteiger partial charge in [-0.2, -0.15) is 0 Å². The number of likely N-dealkylation sites (tertiary alicyclic amines) is 1. The molecule has 0 aromatic heterocycles. The molecule has 4 rings (SSSR count). The lowest BCUT2D eigenvalue weighted by Crippen LogP contribution is -2.57. The van der Waals surface area contributed by atoms with Crippen LogP contribution in [-0.4, -0.2) is 71.3 Å². The quantitative estimate of drug-likeness (QED) is 0.222. The molecule has 2 bridgehead atoms. The number of fused-ring (bicyclic) bond motifs is 1.